The summed E-state index contributed by atoms with van der Waals surface area (Å²) in [5.41, 5.74) is 16.1. The van der Waals surface area contributed by atoms with Crippen molar-refractivity contribution < 1.29 is 4.63 Å². The Morgan fingerprint density at radius 3 is 1.56 bits per heavy atom. The summed E-state index contributed by atoms with van der Waals surface area (Å²) >= 11 is 12.3. The summed E-state index contributed by atoms with van der Waals surface area (Å²) in [5.74, 6) is 1.45. The van der Waals surface area contributed by atoms with Crippen LogP contribution in [0, 0.1) is 13.8 Å². The van der Waals surface area contributed by atoms with Gasteiger partial charge in [0.25, 0.3) is 0 Å². The smallest absolute Gasteiger partial charge is 0.229 e. The van der Waals surface area contributed by atoms with Gasteiger partial charge < -0.3 is 11.5 Å². The second-order valence-electron chi connectivity index (χ2n) is 6.22. The molecule has 138 valence electrons. The lowest BCUT2D eigenvalue weighted by molar-refractivity contribution is 0.309. The normalized spacial score (nSPS) is 13.9. The lowest BCUT2D eigenvalue weighted by Gasteiger charge is -2.34. The molecule has 2 aromatic carbocycles. The highest BCUT2D eigenvalue weighted by molar-refractivity contribution is 6.31. The zero-order chi connectivity index (χ0) is 19.3. The molecule has 0 spiro atoms. The number of aryl methyl sites for hydroxylation is 2. The molecule has 7 nitrogen and oxygen atoms in total. The number of hydrogen-bond donors (Lipinski definition) is 2. The standard InChI is InChI=1S/C18H16Cl2N6O/c1-9-7-11(3-5-13(9)19)25-15(21)16(22)26(18-17(25)23-27-24-18)12-4-6-14(20)10(2)8-12/h3-8H,21-22H2,1-2H3. The first kappa shape index (κ1) is 17.5. The van der Waals surface area contributed by atoms with Crippen molar-refractivity contribution in [2.45, 2.75) is 13.8 Å². The van der Waals surface area contributed by atoms with Gasteiger partial charge in [-0.15, -0.1) is 0 Å². The van der Waals surface area contributed by atoms with E-state index in [2.05, 4.69) is 10.3 Å². The molecule has 2 heterocycles. The van der Waals surface area contributed by atoms with E-state index in [1.54, 1.807) is 21.9 Å². The minimum Gasteiger partial charge on any atom is -0.382 e. The largest absolute Gasteiger partial charge is 0.382 e. The van der Waals surface area contributed by atoms with Crippen molar-refractivity contribution in [2.75, 3.05) is 9.80 Å². The molecule has 0 amide bonds. The Hall–Kier alpha value is -2.90. The van der Waals surface area contributed by atoms with Crippen molar-refractivity contribution in [1.29, 1.82) is 0 Å². The average molecular weight is 403 g/mol. The Morgan fingerprint density at radius 2 is 1.19 bits per heavy atom. The van der Waals surface area contributed by atoms with Crippen molar-refractivity contribution in [3.05, 3.63) is 69.2 Å². The molecule has 1 aromatic heterocycles. The minimum atomic E-state index is 0.299. The quantitative estimate of drug-likeness (QED) is 0.657. The summed E-state index contributed by atoms with van der Waals surface area (Å²) < 4.78 is 5.00. The van der Waals surface area contributed by atoms with Gasteiger partial charge in [-0.2, -0.15) is 0 Å². The fraction of sp³-hybridized carbons (Fsp3) is 0.111. The van der Waals surface area contributed by atoms with Gasteiger partial charge in [0.2, 0.25) is 11.6 Å². The van der Waals surface area contributed by atoms with E-state index in [9.17, 15) is 0 Å². The molecule has 0 saturated heterocycles. The maximum absolute atomic E-state index is 6.38. The molecule has 0 bridgehead atoms. The van der Waals surface area contributed by atoms with Gasteiger partial charge in [0.05, 0.1) is 0 Å². The number of hydrogen-bond acceptors (Lipinski definition) is 7. The van der Waals surface area contributed by atoms with Crippen LogP contribution in [-0.4, -0.2) is 10.3 Å². The van der Waals surface area contributed by atoms with E-state index >= 15 is 0 Å². The summed E-state index contributed by atoms with van der Waals surface area (Å²) in [6, 6.07) is 11.0. The summed E-state index contributed by atoms with van der Waals surface area (Å²) in [7, 11) is 0. The van der Waals surface area contributed by atoms with Crippen LogP contribution in [0.3, 0.4) is 0 Å². The number of anilines is 4. The molecule has 4 N–H and O–H groups in total. The fourth-order valence-corrected chi connectivity index (χ4v) is 3.21. The van der Waals surface area contributed by atoms with E-state index in [1.807, 2.05) is 38.1 Å². The number of fused-ring (bicyclic) bond motifs is 1. The number of aromatic nitrogens is 2. The third kappa shape index (κ3) is 2.75. The number of halogens is 2. The maximum Gasteiger partial charge on any atom is 0.229 e. The van der Waals surface area contributed by atoms with E-state index < -0.39 is 0 Å². The molecular weight excluding hydrogens is 387 g/mol. The first-order valence-electron chi connectivity index (χ1n) is 8.09. The zero-order valence-electron chi connectivity index (χ0n) is 14.6. The van der Waals surface area contributed by atoms with Crippen LogP contribution in [0.5, 0.6) is 0 Å². The predicted molar refractivity (Wildman–Crippen MR) is 106 cm³/mol. The molecule has 1 aliphatic heterocycles. The van der Waals surface area contributed by atoms with Crippen molar-refractivity contribution in [3.63, 3.8) is 0 Å². The summed E-state index contributed by atoms with van der Waals surface area (Å²) in [6.45, 7) is 3.81. The van der Waals surface area contributed by atoms with E-state index in [4.69, 9.17) is 39.3 Å². The molecule has 0 aliphatic carbocycles. The van der Waals surface area contributed by atoms with Gasteiger partial charge in [-0.25, -0.2) is 4.63 Å². The number of nitrogens with zero attached hydrogens (tertiary/aromatic N) is 4. The maximum atomic E-state index is 6.38. The Labute approximate surface area is 165 Å². The summed E-state index contributed by atoms with van der Waals surface area (Å²) in [6.07, 6.45) is 0. The molecular formula is C18H16Cl2N6O. The molecule has 1 aliphatic rings. The highest BCUT2D eigenvalue weighted by Gasteiger charge is 2.35. The van der Waals surface area contributed by atoms with Crippen LogP contribution >= 0.6 is 23.2 Å². The monoisotopic (exact) mass is 402 g/mol. The fourth-order valence-electron chi connectivity index (χ4n) is 2.98. The SMILES string of the molecule is Cc1cc(N2C(N)=C(N)N(c3ccc(Cl)c(C)c3)c3nonc32)ccc1Cl. The Balaban J connectivity index is 1.88. The molecule has 0 unspecified atom stereocenters. The number of rotatable bonds is 2. The molecule has 0 radical (unpaired) electrons. The summed E-state index contributed by atoms with van der Waals surface area (Å²) in [4.78, 5) is 3.37. The molecule has 0 atom stereocenters. The van der Waals surface area contributed by atoms with E-state index in [0.29, 0.717) is 33.3 Å². The van der Waals surface area contributed by atoms with Crippen molar-refractivity contribution in [2.24, 2.45) is 11.5 Å². The van der Waals surface area contributed by atoms with Crippen LogP contribution in [0.4, 0.5) is 23.0 Å². The zero-order valence-corrected chi connectivity index (χ0v) is 16.1. The van der Waals surface area contributed by atoms with Gasteiger partial charge in [0.1, 0.15) is 0 Å². The number of benzene rings is 2. The second-order valence-corrected chi connectivity index (χ2v) is 7.03. The predicted octanol–water partition coefficient (Wildman–Crippen LogP) is 4.33. The van der Waals surface area contributed by atoms with Crippen LogP contribution < -0.4 is 21.3 Å². The van der Waals surface area contributed by atoms with Gasteiger partial charge in [-0.3, -0.25) is 9.80 Å². The van der Waals surface area contributed by atoms with Gasteiger partial charge in [-0.05, 0) is 71.7 Å². The molecule has 0 fully saturated rings. The van der Waals surface area contributed by atoms with Gasteiger partial charge in [-0.1, -0.05) is 23.2 Å². The summed E-state index contributed by atoms with van der Waals surface area (Å²) in [5, 5.41) is 9.38. The Morgan fingerprint density at radius 1 is 0.778 bits per heavy atom. The third-order valence-electron chi connectivity index (χ3n) is 4.42. The lowest BCUT2D eigenvalue weighted by atomic mass is 10.1. The van der Waals surface area contributed by atoms with Crippen LogP contribution in [0.25, 0.3) is 0 Å². The molecule has 27 heavy (non-hydrogen) atoms. The van der Waals surface area contributed by atoms with Gasteiger partial charge in [0, 0.05) is 21.4 Å². The minimum absolute atomic E-state index is 0.299. The Bertz CT molecular complexity index is 995. The first-order chi connectivity index (χ1) is 12.9. The van der Waals surface area contributed by atoms with Crippen LogP contribution in [0.15, 0.2) is 52.7 Å². The van der Waals surface area contributed by atoms with Crippen LogP contribution in [-0.2, 0) is 0 Å². The third-order valence-corrected chi connectivity index (χ3v) is 5.27. The van der Waals surface area contributed by atoms with Crippen molar-refractivity contribution in [1.82, 2.24) is 10.3 Å². The topological polar surface area (TPSA) is 97.4 Å². The van der Waals surface area contributed by atoms with Crippen molar-refractivity contribution in [3.8, 4) is 0 Å². The second kappa shape index (κ2) is 6.37. The van der Waals surface area contributed by atoms with Crippen molar-refractivity contribution >= 4 is 46.2 Å². The highest BCUT2D eigenvalue weighted by Crippen LogP contribution is 2.43. The van der Waals surface area contributed by atoms with Crippen LogP contribution in [0.1, 0.15) is 11.1 Å². The van der Waals surface area contributed by atoms with E-state index in [0.717, 1.165) is 22.5 Å². The molecule has 9 heteroatoms. The molecule has 0 saturated carbocycles. The van der Waals surface area contributed by atoms with Gasteiger partial charge >= 0.3 is 0 Å². The molecule has 4 rings (SSSR count). The average Bonchev–Trinajstić information content (AvgIpc) is 3.10. The van der Waals surface area contributed by atoms with E-state index in [1.165, 1.54) is 0 Å². The van der Waals surface area contributed by atoms with Crippen LogP contribution in [0.2, 0.25) is 10.0 Å². The first-order valence-corrected chi connectivity index (χ1v) is 8.84. The highest BCUT2D eigenvalue weighted by atomic mass is 35.5. The number of nitrogens with two attached hydrogens (primary N) is 2. The lowest BCUT2D eigenvalue weighted by Crippen LogP contribution is -2.38. The molecule has 3 aromatic rings. The Kier molecular flexibility index (Phi) is 4.13. The van der Waals surface area contributed by atoms with Gasteiger partial charge in [0.15, 0.2) is 11.6 Å². The van der Waals surface area contributed by atoms with E-state index in [-0.39, 0.29) is 0 Å².